The van der Waals surface area contributed by atoms with Crippen molar-refractivity contribution in [3.63, 3.8) is 0 Å². The van der Waals surface area contributed by atoms with Crippen molar-refractivity contribution >= 4 is 5.97 Å². The molecule has 0 saturated heterocycles. The van der Waals surface area contributed by atoms with Crippen molar-refractivity contribution in [2.45, 2.75) is 13.3 Å². The van der Waals surface area contributed by atoms with Crippen molar-refractivity contribution in [2.24, 2.45) is 0 Å². The zero-order chi connectivity index (χ0) is 7.98. The molecule has 0 bridgehead atoms. The van der Waals surface area contributed by atoms with Crippen LogP contribution < -0.4 is 0 Å². The van der Waals surface area contributed by atoms with Crippen LogP contribution in [0.15, 0.2) is 0 Å². The molecule has 0 atom stereocenters. The lowest BCUT2D eigenvalue weighted by Gasteiger charge is -2.11. The van der Waals surface area contributed by atoms with Crippen LogP contribution in [0.25, 0.3) is 0 Å². The first-order valence-corrected chi connectivity index (χ1v) is 3.46. The minimum absolute atomic E-state index is 0.139. The normalized spacial score (nSPS) is 10.0. The molecule has 0 aromatic carbocycles. The standard InChI is InChI=1S/C7H15NO2/c1-4-8(2)6-5-7(9)10-3/h4-6H2,1-3H3. The maximum atomic E-state index is 10.6. The van der Waals surface area contributed by atoms with Gasteiger partial charge in [0, 0.05) is 6.54 Å². The molecule has 0 aliphatic heterocycles. The number of ether oxygens (including phenoxy) is 1. The van der Waals surface area contributed by atoms with E-state index in [-0.39, 0.29) is 5.97 Å². The predicted octanol–water partition coefficient (Wildman–Crippen LogP) is 0.501. The molecule has 0 aromatic heterocycles. The molecule has 0 spiro atoms. The smallest absolute Gasteiger partial charge is 0.306 e. The number of hydrogen-bond donors (Lipinski definition) is 0. The Morgan fingerprint density at radius 2 is 2.20 bits per heavy atom. The summed E-state index contributed by atoms with van der Waals surface area (Å²) in [6.07, 6.45) is 0.487. The molecule has 0 aliphatic rings. The predicted molar refractivity (Wildman–Crippen MR) is 39.8 cm³/mol. The second-order valence-corrected chi connectivity index (χ2v) is 2.22. The monoisotopic (exact) mass is 145 g/mol. The second kappa shape index (κ2) is 5.23. The van der Waals surface area contributed by atoms with E-state index in [1.54, 1.807) is 0 Å². The van der Waals surface area contributed by atoms with E-state index in [0.29, 0.717) is 6.42 Å². The van der Waals surface area contributed by atoms with Crippen LogP contribution in [-0.2, 0) is 9.53 Å². The Kier molecular flexibility index (Phi) is 4.94. The fourth-order valence-corrected chi connectivity index (χ4v) is 0.542. The van der Waals surface area contributed by atoms with Crippen molar-refractivity contribution < 1.29 is 9.53 Å². The molecule has 0 heterocycles. The van der Waals surface area contributed by atoms with Gasteiger partial charge in [-0.05, 0) is 13.6 Å². The molecule has 10 heavy (non-hydrogen) atoms. The first-order valence-electron chi connectivity index (χ1n) is 3.46. The lowest BCUT2D eigenvalue weighted by atomic mass is 10.4. The number of carbonyl (C=O) groups is 1. The van der Waals surface area contributed by atoms with Crippen molar-refractivity contribution in [1.29, 1.82) is 0 Å². The first kappa shape index (κ1) is 9.43. The third kappa shape index (κ3) is 4.32. The number of carbonyl (C=O) groups excluding carboxylic acids is 1. The number of nitrogens with zero attached hydrogens (tertiary/aromatic N) is 1. The third-order valence-electron chi connectivity index (χ3n) is 1.47. The van der Waals surface area contributed by atoms with Crippen LogP contribution >= 0.6 is 0 Å². The van der Waals surface area contributed by atoms with Crippen molar-refractivity contribution in [1.82, 2.24) is 4.90 Å². The van der Waals surface area contributed by atoms with E-state index in [1.807, 2.05) is 7.05 Å². The molecule has 0 rings (SSSR count). The summed E-state index contributed by atoms with van der Waals surface area (Å²) < 4.78 is 4.48. The van der Waals surface area contributed by atoms with Crippen molar-refractivity contribution in [3.05, 3.63) is 0 Å². The van der Waals surface area contributed by atoms with Gasteiger partial charge in [-0.15, -0.1) is 0 Å². The Morgan fingerprint density at radius 1 is 1.60 bits per heavy atom. The summed E-state index contributed by atoms with van der Waals surface area (Å²) >= 11 is 0. The van der Waals surface area contributed by atoms with Crippen LogP contribution in [0, 0.1) is 0 Å². The molecular weight excluding hydrogens is 130 g/mol. The fourth-order valence-electron chi connectivity index (χ4n) is 0.542. The molecule has 0 aliphatic carbocycles. The van der Waals surface area contributed by atoms with Crippen molar-refractivity contribution in [2.75, 3.05) is 27.2 Å². The molecule has 60 valence electrons. The van der Waals surface area contributed by atoms with Gasteiger partial charge in [0.15, 0.2) is 0 Å². The van der Waals surface area contributed by atoms with Crippen LogP contribution in [-0.4, -0.2) is 38.1 Å². The number of esters is 1. The highest BCUT2D eigenvalue weighted by molar-refractivity contribution is 5.69. The Hall–Kier alpha value is -0.570. The largest absolute Gasteiger partial charge is 0.469 e. The van der Waals surface area contributed by atoms with Gasteiger partial charge in [0.05, 0.1) is 13.5 Å². The maximum absolute atomic E-state index is 10.6. The summed E-state index contributed by atoms with van der Waals surface area (Å²) in [4.78, 5) is 12.6. The van der Waals surface area contributed by atoms with E-state index in [9.17, 15) is 4.79 Å². The second-order valence-electron chi connectivity index (χ2n) is 2.22. The summed E-state index contributed by atoms with van der Waals surface area (Å²) in [7, 11) is 3.39. The highest BCUT2D eigenvalue weighted by atomic mass is 16.5. The van der Waals surface area contributed by atoms with Crippen molar-refractivity contribution in [3.8, 4) is 0 Å². The van der Waals surface area contributed by atoms with Crippen LogP contribution in [0.3, 0.4) is 0 Å². The summed E-state index contributed by atoms with van der Waals surface area (Å²) in [5, 5.41) is 0. The van der Waals surface area contributed by atoms with Gasteiger partial charge in [-0.1, -0.05) is 6.92 Å². The van der Waals surface area contributed by atoms with E-state index in [1.165, 1.54) is 7.11 Å². The molecule has 0 fully saturated rings. The number of methoxy groups -OCH3 is 1. The molecule has 0 amide bonds. The Balaban J connectivity index is 3.26. The topological polar surface area (TPSA) is 29.5 Å². The molecule has 3 heteroatoms. The summed E-state index contributed by atoms with van der Waals surface area (Å²) in [6.45, 7) is 3.80. The first-order chi connectivity index (χ1) is 4.70. The lowest BCUT2D eigenvalue weighted by molar-refractivity contribution is -0.140. The van der Waals surface area contributed by atoms with Gasteiger partial charge in [-0.2, -0.15) is 0 Å². The zero-order valence-corrected chi connectivity index (χ0v) is 6.89. The van der Waals surface area contributed by atoms with E-state index in [0.717, 1.165) is 13.1 Å². The van der Waals surface area contributed by atoms with Gasteiger partial charge < -0.3 is 9.64 Å². The van der Waals surface area contributed by atoms with Gasteiger partial charge in [-0.3, -0.25) is 4.79 Å². The van der Waals surface area contributed by atoms with Gasteiger partial charge in [0.1, 0.15) is 0 Å². The molecule has 0 saturated carbocycles. The van der Waals surface area contributed by atoms with E-state index in [2.05, 4.69) is 16.6 Å². The minimum atomic E-state index is -0.139. The lowest BCUT2D eigenvalue weighted by Crippen LogP contribution is -2.21. The number of hydrogen-bond acceptors (Lipinski definition) is 3. The van der Waals surface area contributed by atoms with Gasteiger partial charge in [0.25, 0.3) is 0 Å². The van der Waals surface area contributed by atoms with Crippen LogP contribution in [0.5, 0.6) is 0 Å². The van der Waals surface area contributed by atoms with E-state index in [4.69, 9.17) is 0 Å². The summed E-state index contributed by atoms with van der Waals surface area (Å²) in [5.41, 5.74) is 0. The van der Waals surface area contributed by atoms with Crippen LogP contribution in [0.4, 0.5) is 0 Å². The SMILES string of the molecule is CCN(C)CCC(=O)OC. The Bertz CT molecular complexity index is 104. The molecule has 0 radical (unpaired) electrons. The van der Waals surface area contributed by atoms with Gasteiger partial charge in [0.2, 0.25) is 0 Å². The van der Waals surface area contributed by atoms with E-state index < -0.39 is 0 Å². The maximum Gasteiger partial charge on any atom is 0.306 e. The van der Waals surface area contributed by atoms with Crippen LogP contribution in [0.1, 0.15) is 13.3 Å². The van der Waals surface area contributed by atoms with E-state index >= 15 is 0 Å². The molecule has 0 aromatic rings. The molecular formula is C7H15NO2. The quantitative estimate of drug-likeness (QED) is 0.539. The highest BCUT2D eigenvalue weighted by Crippen LogP contribution is 1.88. The van der Waals surface area contributed by atoms with Crippen LogP contribution in [0.2, 0.25) is 0 Å². The highest BCUT2D eigenvalue weighted by Gasteiger charge is 2.00. The minimum Gasteiger partial charge on any atom is -0.469 e. The number of rotatable bonds is 4. The third-order valence-corrected chi connectivity index (χ3v) is 1.47. The molecule has 0 N–H and O–H groups in total. The zero-order valence-electron chi connectivity index (χ0n) is 6.89. The average molecular weight is 145 g/mol. The molecule has 0 unspecified atom stereocenters. The Morgan fingerprint density at radius 3 is 2.60 bits per heavy atom. The average Bonchev–Trinajstić information content (AvgIpc) is 1.99. The molecule has 3 nitrogen and oxygen atoms in total. The van der Waals surface area contributed by atoms with Gasteiger partial charge in [-0.25, -0.2) is 0 Å². The summed E-state index contributed by atoms with van der Waals surface area (Å²) in [5.74, 6) is -0.139. The van der Waals surface area contributed by atoms with Gasteiger partial charge >= 0.3 is 5.97 Å². The fraction of sp³-hybridized carbons (Fsp3) is 0.857. The summed E-state index contributed by atoms with van der Waals surface area (Å²) in [6, 6.07) is 0. The Labute approximate surface area is 62.0 Å².